The van der Waals surface area contributed by atoms with Crippen LogP contribution in [0.2, 0.25) is 5.02 Å². The van der Waals surface area contributed by atoms with Crippen LogP contribution in [0.5, 0.6) is 0 Å². The lowest BCUT2D eigenvalue weighted by molar-refractivity contribution is -0.117. The number of hydrogen-bond acceptors (Lipinski definition) is 3. The van der Waals surface area contributed by atoms with Crippen molar-refractivity contribution in [1.82, 2.24) is 0 Å². The molecule has 20 heavy (non-hydrogen) atoms. The number of nitrogens with two attached hydrogens (primary N) is 1. The number of rotatable bonds is 4. The number of carbonyl (C=O) groups is 2. The van der Waals surface area contributed by atoms with Gasteiger partial charge in [0.1, 0.15) is 5.60 Å². The minimum absolute atomic E-state index is 0.0574. The van der Waals surface area contributed by atoms with Crippen LogP contribution in [0, 0.1) is 0 Å². The minimum Gasteiger partial charge on any atom is -0.443 e. The van der Waals surface area contributed by atoms with Gasteiger partial charge in [-0.3, -0.25) is 9.69 Å². The summed E-state index contributed by atoms with van der Waals surface area (Å²) >= 11 is 5.82. The molecule has 1 rings (SSSR count). The van der Waals surface area contributed by atoms with Crippen LogP contribution < -0.4 is 10.6 Å². The molecule has 2 N–H and O–H groups in total. The Hall–Kier alpha value is -1.75. The number of primary amides is 1. The minimum atomic E-state index is -0.617. The number of anilines is 1. The molecule has 0 atom stereocenters. The second-order valence-electron chi connectivity index (χ2n) is 5.32. The molecule has 0 aliphatic heterocycles. The Bertz CT molecular complexity index is 480. The zero-order valence-electron chi connectivity index (χ0n) is 11.9. The van der Waals surface area contributed by atoms with Crippen LogP contribution in [0.3, 0.4) is 0 Å². The van der Waals surface area contributed by atoms with E-state index in [0.717, 1.165) is 0 Å². The lowest BCUT2D eigenvalue weighted by Gasteiger charge is -2.27. The number of benzene rings is 1. The van der Waals surface area contributed by atoms with Gasteiger partial charge in [-0.1, -0.05) is 11.6 Å². The monoisotopic (exact) mass is 298 g/mol. The van der Waals surface area contributed by atoms with Crippen molar-refractivity contribution in [2.24, 2.45) is 5.73 Å². The summed E-state index contributed by atoms with van der Waals surface area (Å²) in [5.74, 6) is -0.479. The summed E-state index contributed by atoms with van der Waals surface area (Å²) in [7, 11) is 0. The quantitative estimate of drug-likeness (QED) is 0.929. The fourth-order valence-electron chi connectivity index (χ4n) is 1.49. The van der Waals surface area contributed by atoms with Crippen molar-refractivity contribution >= 4 is 29.3 Å². The Morgan fingerprint density at radius 1 is 1.25 bits per heavy atom. The molecule has 0 radical (unpaired) electrons. The molecule has 0 spiro atoms. The van der Waals surface area contributed by atoms with Gasteiger partial charge in [0.25, 0.3) is 0 Å². The molecule has 110 valence electrons. The van der Waals surface area contributed by atoms with E-state index in [-0.39, 0.29) is 13.0 Å². The highest BCUT2D eigenvalue weighted by molar-refractivity contribution is 6.30. The molecule has 0 fully saturated rings. The first kappa shape index (κ1) is 16.3. The first-order valence-corrected chi connectivity index (χ1v) is 6.61. The molecule has 1 aromatic rings. The topological polar surface area (TPSA) is 72.6 Å². The molecule has 0 aliphatic carbocycles. The number of ether oxygens (including phenoxy) is 1. The van der Waals surface area contributed by atoms with Gasteiger partial charge in [-0.05, 0) is 45.0 Å². The smallest absolute Gasteiger partial charge is 0.414 e. The SMILES string of the molecule is CC(C)(C)OC(=O)N(CCC(N)=O)c1ccc(Cl)cc1. The van der Waals surface area contributed by atoms with Gasteiger partial charge < -0.3 is 10.5 Å². The third kappa shape index (κ3) is 5.48. The van der Waals surface area contributed by atoms with Gasteiger partial charge in [0.05, 0.1) is 0 Å². The summed E-state index contributed by atoms with van der Waals surface area (Å²) in [4.78, 5) is 24.5. The van der Waals surface area contributed by atoms with Crippen molar-refractivity contribution in [3.63, 3.8) is 0 Å². The lowest BCUT2D eigenvalue weighted by Crippen LogP contribution is -2.38. The van der Waals surface area contributed by atoms with Crippen LogP contribution in [0.1, 0.15) is 27.2 Å². The molecule has 0 unspecified atom stereocenters. The highest BCUT2D eigenvalue weighted by Crippen LogP contribution is 2.21. The molecule has 1 aromatic carbocycles. The van der Waals surface area contributed by atoms with Crippen molar-refractivity contribution in [1.29, 1.82) is 0 Å². The average molecular weight is 299 g/mol. The molecule has 0 saturated heterocycles. The van der Waals surface area contributed by atoms with Gasteiger partial charge in [-0.25, -0.2) is 4.79 Å². The first-order valence-electron chi connectivity index (χ1n) is 6.23. The van der Waals surface area contributed by atoms with Crippen LogP contribution in [-0.2, 0) is 9.53 Å². The maximum absolute atomic E-state index is 12.2. The molecular weight excluding hydrogens is 280 g/mol. The average Bonchev–Trinajstić information content (AvgIpc) is 2.29. The Morgan fingerprint density at radius 2 is 1.80 bits per heavy atom. The second-order valence-corrected chi connectivity index (χ2v) is 5.76. The van der Waals surface area contributed by atoms with E-state index in [4.69, 9.17) is 22.1 Å². The van der Waals surface area contributed by atoms with Gasteiger partial charge in [0.15, 0.2) is 0 Å². The van der Waals surface area contributed by atoms with E-state index in [2.05, 4.69) is 0 Å². The fraction of sp³-hybridized carbons (Fsp3) is 0.429. The van der Waals surface area contributed by atoms with Gasteiger partial charge in [-0.2, -0.15) is 0 Å². The third-order valence-corrected chi connectivity index (χ3v) is 2.59. The van der Waals surface area contributed by atoms with Gasteiger partial charge in [0.2, 0.25) is 5.91 Å². The second kappa shape index (κ2) is 6.61. The maximum atomic E-state index is 12.2. The Kier molecular flexibility index (Phi) is 5.39. The number of nitrogens with zero attached hydrogens (tertiary/aromatic N) is 1. The zero-order chi connectivity index (χ0) is 15.3. The van der Waals surface area contributed by atoms with E-state index in [1.54, 1.807) is 45.0 Å². The maximum Gasteiger partial charge on any atom is 0.414 e. The molecular formula is C14H19ClN2O3. The summed E-state index contributed by atoms with van der Waals surface area (Å²) in [6.45, 7) is 5.49. The van der Waals surface area contributed by atoms with Crippen LogP contribution in [0.4, 0.5) is 10.5 Å². The standard InChI is InChI=1S/C14H19ClN2O3/c1-14(2,3)20-13(19)17(9-8-12(16)18)11-6-4-10(15)5-7-11/h4-7H,8-9H2,1-3H3,(H2,16,18). The third-order valence-electron chi connectivity index (χ3n) is 2.33. The van der Waals surface area contributed by atoms with Crippen molar-refractivity contribution in [3.05, 3.63) is 29.3 Å². The summed E-state index contributed by atoms with van der Waals surface area (Å²) in [5, 5.41) is 0.563. The van der Waals surface area contributed by atoms with Crippen molar-refractivity contribution in [2.75, 3.05) is 11.4 Å². The fourth-order valence-corrected chi connectivity index (χ4v) is 1.61. The molecule has 6 heteroatoms. The number of carbonyl (C=O) groups excluding carboxylic acids is 2. The van der Waals surface area contributed by atoms with E-state index in [1.165, 1.54) is 4.90 Å². The highest BCUT2D eigenvalue weighted by atomic mass is 35.5. The molecule has 2 amide bonds. The van der Waals surface area contributed by atoms with Gasteiger partial charge >= 0.3 is 6.09 Å². The van der Waals surface area contributed by atoms with E-state index in [1.807, 2.05) is 0 Å². The van der Waals surface area contributed by atoms with Gasteiger partial charge in [-0.15, -0.1) is 0 Å². The van der Waals surface area contributed by atoms with Crippen LogP contribution >= 0.6 is 11.6 Å². The van der Waals surface area contributed by atoms with E-state index < -0.39 is 17.6 Å². The van der Waals surface area contributed by atoms with E-state index in [9.17, 15) is 9.59 Å². The summed E-state index contributed by atoms with van der Waals surface area (Å²) in [6.07, 6.45) is -0.469. The summed E-state index contributed by atoms with van der Waals surface area (Å²) in [5.41, 5.74) is 5.12. The highest BCUT2D eigenvalue weighted by Gasteiger charge is 2.23. The molecule has 0 aliphatic rings. The predicted octanol–water partition coefficient (Wildman–Crippen LogP) is 2.96. The first-order chi connectivity index (χ1) is 9.19. The van der Waals surface area contributed by atoms with Gasteiger partial charge in [0, 0.05) is 23.7 Å². The van der Waals surface area contributed by atoms with Crippen LogP contribution in [-0.4, -0.2) is 24.1 Å². The van der Waals surface area contributed by atoms with Crippen molar-refractivity contribution in [3.8, 4) is 0 Å². The van der Waals surface area contributed by atoms with E-state index >= 15 is 0 Å². The normalized spacial score (nSPS) is 11.0. The molecule has 0 heterocycles. The van der Waals surface area contributed by atoms with E-state index in [0.29, 0.717) is 10.7 Å². The lowest BCUT2D eigenvalue weighted by atomic mass is 10.2. The van der Waals surface area contributed by atoms with Crippen LogP contribution in [0.25, 0.3) is 0 Å². The number of amides is 2. The molecule has 0 bridgehead atoms. The molecule has 0 saturated carbocycles. The largest absolute Gasteiger partial charge is 0.443 e. The Labute approximate surface area is 123 Å². The van der Waals surface area contributed by atoms with Crippen LogP contribution in [0.15, 0.2) is 24.3 Å². The van der Waals surface area contributed by atoms with Crippen molar-refractivity contribution in [2.45, 2.75) is 32.8 Å². The predicted molar refractivity (Wildman–Crippen MR) is 78.8 cm³/mol. The zero-order valence-corrected chi connectivity index (χ0v) is 12.6. The van der Waals surface area contributed by atoms with Crippen molar-refractivity contribution < 1.29 is 14.3 Å². The Morgan fingerprint density at radius 3 is 2.25 bits per heavy atom. The summed E-state index contributed by atoms with van der Waals surface area (Å²) < 4.78 is 5.32. The molecule has 0 aromatic heterocycles. The Balaban J connectivity index is 2.92. The summed E-state index contributed by atoms with van der Waals surface area (Å²) in [6, 6.07) is 6.71. The number of halogens is 1. The molecule has 5 nitrogen and oxygen atoms in total. The number of hydrogen-bond donors (Lipinski definition) is 1.